The van der Waals surface area contributed by atoms with Crippen molar-refractivity contribution in [1.82, 2.24) is 4.90 Å². The maximum atomic E-state index is 11.9. The number of esters is 1. The van der Waals surface area contributed by atoms with E-state index in [2.05, 4.69) is 4.74 Å². The molecular formula is C16H23NO4. The summed E-state index contributed by atoms with van der Waals surface area (Å²) in [6, 6.07) is 7.78. The molecule has 116 valence electrons. The van der Waals surface area contributed by atoms with E-state index in [4.69, 9.17) is 4.74 Å². The lowest BCUT2D eigenvalue weighted by Crippen LogP contribution is -2.36. The molecule has 1 amide bonds. The van der Waals surface area contributed by atoms with Gasteiger partial charge in [0.25, 0.3) is 0 Å². The van der Waals surface area contributed by atoms with Crippen LogP contribution in [0.15, 0.2) is 24.3 Å². The molecule has 0 N–H and O–H groups in total. The van der Waals surface area contributed by atoms with E-state index >= 15 is 0 Å². The summed E-state index contributed by atoms with van der Waals surface area (Å²) in [5.74, 6) is 0.339. The number of hydrogen-bond acceptors (Lipinski definition) is 4. The Kier molecular flexibility index (Phi) is 7.29. The maximum absolute atomic E-state index is 11.9. The Morgan fingerprint density at radius 2 is 1.86 bits per heavy atom. The van der Waals surface area contributed by atoms with E-state index < -0.39 is 5.97 Å². The molecule has 1 aromatic rings. The van der Waals surface area contributed by atoms with Crippen molar-refractivity contribution in [3.8, 4) is 5.75 Å². The van der Waals surface area contributed by atoms with Crippen molar-refractivity contribution in [2.75, 3.05) is 26.8 Å². The number of nitrogens with zero attached hydrogens (tertiary/aromatic N) is 1. The summed E-state index contributed by atoms with van der Waals surface area (Å²) in [6.07, 6.45) is 0.973. The smallest absolute Gasteiger partial charge is 0.325 e. The normalized spacial score (nSPS) is 10.0. The lowest BCUT2D eigenvalue weighted by Gasteiger charge is -2.19. The van der Waals surface area contributed by atoms with Crippen LogP contribution in [-0.4, -0.2) is 43.6 Å². The Morgan fingerprint density at radius 3 is 2.43 bits per heavy atom. The molecule has 21 heavy (non-hydrogen) atoms. The fourth-order valence-corrected chi connectivity index (χ4v) is 1.80. The van der Waals surface area contributed by atoms with Crippen LogP contribution in [-0.2, 0) is 14.3 Å². The third-order valence-corrected chi connectivity index (χ3v) is 3.11. The Labute approximate surface area is 125 Å². The summed E-state index contributed by atoms with van der Waals surface area (Å²) >= 11 is 0. The van der Waals surface area contributed by atoms with Gasteiger partial charge in [-0.3, -0.25) is 9.59 Å². The lowest BCUT2D eigenvalue weighted by atomic mass is 10.2. The van der Waals surface area contributed by atoms with Gasteiger partial charge in [-0.05, 0) is 32.4 Å². The number of methoxy groups -OCH3 is 1. The van der Waals surface area contributed by atoms with E-state index in [9.17, 15) is 9.59 Å². The molecule has 0 spiro atoms. The van der Waals surface area contributed by atoms with Crippen LogP contribution in [0.5, 0.6) is 5.75 Å². The minimum absolute atomic E-state index is 0.00462. The molecule has 5 heteroatoms. The standard InChI is InChI=1S/C16H23NO4/c1-4-17(12-16(19)20-3)15(18)6-5-11-21-14-9-7-13(2)8-10-14/h7-10H,4-6,11-12H2,1-3H3. The van der Waals surface area contributed by atoms with Crippen molar-refractivity contribution >= 4 is 11.9 Å². The van der Waals surface area contributed by atoms with Gasteiger partial charge < -0.3 is 14.4 Å². The van der Waals surface area contributed by atoms with E-state index in [-0.39, 0.29) is 12.5 Å². The number of carbonyl (C=O) groups excluding carboxylic acids is 2. The largest absolute Gasteiger partial charge is 0.494 e. The average molecular weight is 293 g/mol. The van der Waals surface area contributed by atoms with Crippen LogP contribution in [0, 0.1) is 6.92 Å². The second-order valence-electron chi connectivity index (χ2n) is 4.75. The third kappa shape index (κ3) is 6.29. The highest BCUT2D eigenvalue weighted by molar-refractivity contribution is 5.81. The Morgan fingerprint density at radius 1 is 1.19 bits per heavy atom. The fraction of sp³-hybridized carbons (Fsp3) is 0.500. The molecule has 0 fully saturated rings. The molecule has 0 saturated carbocycles. The van der Waals surface area contributed by atoms with Gasteiger partial charge in [0, 0.05) is 13.0 Å². The van der Waals surface area contributed by atoms with Gasteiger partial charge in [-0.25, -0.2) is 0 Å². The average Bonchev–Trinajstić information content (AvgIpc) is 2.50. The number of amides is 1. The van der Waals surface area contributed by atoms with E-state index in [0.29, 0.717) is 26.0 Å². The topological polar surface area (TPSA) is 55.8 Å². The van der Waals surface area contributed by atoms with Gasteiger partial charge >= 0.3 is 5.97 Å². The van der Waals surface area contributed by atoms with Gasteiger partial charge in [0.1, 0.15) is 12.3 Å². The predicted octanol–water partition coefficient (Wildman–Crippen LogP) is 2.18. The van der Waals surface area contributed by atoms with Gasteiger partial charge in [0.15, 0.2) is 0 Å². The maximum Gasteiger partial charge on any atom is 0.325 e. The van der Waals surface area contributed by atoms with E-state index in [1.165, 1.54) is 17.6 Å². The molecule has 0 aliphatic carbocycles. The zero-order valence-corrected chi connectivity index (χ0v) is 12.9. The molecule has 0 aromatic heterocycles. The highest BCUT2D eigenvalue weighted by atomic mass is 16.5. The molecule has 0 atom stereocenters. The molecule has 5 nitrogen and oxygen atoms in total. The highest BCUT2D eigenvalue weighted by Crippen LogP contribution is 2.12. The first-order chi connectivity index (χ1) is 10.1. The first kappa shape index (κ1) is 17.0. The predicted molar refractivity (Wildman–Crippen MR) is 80.2 cm³/mol. The molecular weight excluding hydrogens is 270 g/mol. The second-order valence-corrected chi connectivity index (χ2v) is 4.75. The lowest BCUT2D eigenvalue weighted by molar-refractivity contribution is -0.146. The zero-order chi connectivity index (χ0) is 15.7. The minimum Gasteiger partial charge on any atom is -0.494 e. The van der Waals surface area contributed by atoms with Crippen LogP contribution in [0.4, 0.5) is 0 Å². The number of hydrogen-bond donors (Lipinski definition) is 0. The van der Waals surface area contributed by atoms with Gasteiger partial charge in [-0.1, -0.05) is 17.7 Å². The Balaban J connectivity index is 2.28. The second kappa shape index (κ2) is 9.00. The van der Waals surface area contributed by atoms with Crippen molar-refractivity contribution in [2.45, 2.75) is 26.7 Å². The molecule has 0 unspecified atom stereocenters. The molecule has 1 rings (SSSR count). The summed E-state index contributed by atoms with van der Waals surface area (Å²) in [7, 11) is 1.32. The Bertz CT molecular complexity index is 456. The summed E-state index contributed by atoms with van der Waals surface area (Å²) < 4.78 is 10.1. The first-order valence-corrected chi connectivity index (χ1v) is 7.11. The van der Waals surface area contributed by atoms with Crippen molar-refractivity contribution in [3.63, 3.8) is 0 Å². The first-order valence-electron chi connectivity index (χ1n) is 7.11. The third-order valence-electron chi connectivity index (χ3n) is 3.11. The van der Waals surface area contributed by atoms with Crippen molar-refractivity contribution in [2.24, 2.45) is 0 Å². The van der Waals surface area contributed by atoms with Crippen molar-refractivity contribution in [1.29, 1.82) is 0 Å². The van der Waals surface area contributed by atoms with Crippen molar-refractivity contribution < 1.29 is 19.1 Å². The summed E-state index contributed by atoms with van der Waals surface area (Å²) in [5.41, 5.74) is 1.18. The van der Waals surface area contributed by atoms with Crippen LogP contribution in [0.25, 0.3) is 0 Å². The van der Waals surface area contributed by atoms with Gasteiger partial charge in [0.05, 0.1) is 13.7 Å². The number of aryl methyl sites for hydroxylation is 1. The van der Waals surface area contributed by atoms with E-state index in [0.717, 1.165) is 5.75 Å². The number of likely N-dealkylation sites (N-methyl/N-ethyl adjacent to an activating group) is 1. The number of benzene rings is 1. The quantitative estimate of drug-likeness (QED) is 0.544. The van der Waals surface area contributed by atoms with Crippen molar-refractivity contribution in [3.05, 3.63) is 29.8 Å². The number of rotatable bonds is 8. The monoisotopic (exact) mass is 293 g/mol. The number of ether oxygens (including phenoxy) is 2. The van der Waals surface area contributed by atoms with Gasteiger partial charge in [-0.2, -0.15) is 0 Å². The SMILES string of the molecule is CCN(CC(=O)OC)C(=O)CCCOc1ccc(C)cc1. The molecule has 1 aromatic carbocycles. The van der Waals surface area contributed by atoms with E-state index in [1.807, 2.05) is 38.1 Å². The van der Waals surface area contributed by atoms with E-state index in [1.54, 1.807) is 0 Å². The molecule has 0 heterocycles. The van der Waals surface area contributed by atoms with Gasteiger partial charge in [0.2, 0.25) is 5.91 Å². The van der Waals surface area contributed by atoms with Crippen LogP contribution < -0.4 is 4.74 Å². The Hall–Kier alpha value is -2.04. The summed E-state index contributed by atoms with van der Waals surface area (Å²) in [6.45, 7) is 4.83. The van der Waals surface area contributed by atoms with Crippen LogP contribution in [0.1, 0.15) is 25.3 Å². The fourth-order valence-electron chi connectivity index (χ4n) is 1.80. The molecule has 0 aliphatic heterocycles. The summed E-state index contributed by atoms with van der Waals surface area (Å²) in [4.78, 5) is 24.6. The van der Waals surface area contributed by atoms with Crippen LogP contribution in [0.3, 0.4) is 0 Å². The van der Waals surface area contributed by atoms with Crippen LogP contribution in [0.2, 0.25) is 0 Å². The molecule has 0 radical (unpaired) electrons. The summed E-state index contributed by atoms with van der Waals surface area (Å²) in [5, 5.41) is 0. The number of carbonyl (C=O) groups is 2. The van der Waals surface area contributed by atoms with Gasteiger partial charge in [-0.15, -0.1) is 0 Å². The van der Waals surface area contributed by atoms with Crippen LogP contribution >= 0.6 is 0 Å². The molecule has 0 bridgehead atoms. The highest BCUT2D eigenvalue weighted by Gasteiger charge is 2.15. The molecule has 0 aliphatic rings. The molecule has 0 saturated heterocycles. The minimum atomic E-state index is -0.402. The zero-order valence-electron chi connectivity index (χ0n) is 12.9.